The number of methoxy groups -OCH3 is 2. The van der Waals surface area contributed by atoms with Crippen LogP contribution < -0.4 is 19.3 Å². The molecule has 7 rings (SSSR count). The van der Waals surface area contributed by atoms with Crippen molar-refractivity contribution in [2.75, 3.05) is 43.7 Å². The van der Waals surface area contributed by atoms with E-state index in [1.54, 1.807) is 26.4 Å². The number of likely N-dealkylation sites (tertiary alicyclic amines) is 1. The molecule has 0 radical (unpaired) electrons. The molecule has 0 aliphatic carbocycles. The molecule has 2 atom stereocenters. The Bertz CT molecular complexity index is 1650. The van der Waals surface area contributed by atoms with Crippen molar-refractivity contribution in [3.63, 3.8) is 0 Å². The molecule has 6 heteroatoms. The Morgan fingerprint density at radius 2 is 1.50 bits per heavy atom. The maximum atomic E-state index is 14.1. The molecule has 4 aromatic carbocycles. The molecule has 44 heavy (non-hydrogen) atoms. The largest absolute Gasteiger partial charge is 0.493 e. The second kappa shape index (κ2) is 11.7. The summed E-state index contributed by atoms with van der Waals surface area (Å²) in [5.41, 5.74) is 7.19. The molecule has 2 unspecified atom stereocenters. The number of nitrogens with zero attached hydrogens (tertiary/aromatic N) is 3. The summed E-state index contributed by atoms with van der Waals surface area (Å²) >= 11 is 0. The van der Waals surface area contributed by atoms with E-state index in [0.29, 0.717) is 17.1 Å². The van der Waals surface area contributed by atoms with Gasteiger partial charge in [-0.25, -0.2) is 0 Å². The molecule has 0 N–H and O–H groups in total. The van der Waals surface area contributed by atoms with Crippen LogP contribution in [-0.2, 0) is 12.0 Å². The maximum absolute atomic E-state index is 14.1. The fraction of sp³-hybridized carbons (Fsp3) is 0.342. The zero-order chi connectivity index (χ0) is 30.3. The minimum absolute atomic E-state index is 0.0200. The quantitative estimate of drug-likeness (QED) is 0.238. The van der Waals surface area contributed by atoms with E-state index < -0.39 is 0 Å². The second-order valence-electron chi connectivity index (χ2n) is 12.6. The van der Waals surface area contributed by atoms with Crippen LogP contribution in [0.25, 0.3) is 0 Å². The molecule has 3 aliphatic rings. The van der Waals surface area contributed by atoms with Gasteiger partial charge in [0.25, 0.3) is 5.91 Å². The normalized spacial score (nSPS) is 20.7. The Balaban J connectivity index is 1.17. The summed E-state index contributed by atoms with van der Waals surface area (Å²) in [4.78, 5) is 21.3. The first-order valence-corrected chi connectivity index (χ1v) is 15.8. The first kappa shape index (κ1) is 28.5. The number of amides is 1. The van der Waals surface area contributed by atoms with Gasteiger partial charge in [-0.15, -0.1) is 0 Å². The van der Waals surface area contributed by atoms with E-state index in [4.69, 9.17) is 9.47 Å². The number of rotatable bonds is 6. The van der Waals surface area contributed by atoms with E-state index in [0.717, 1.165) is 51.1 Å². The molecular formula is C38H41N3O3. The predicted molar refractivity (Wildman–Crippen MR) is 176 cm³/mol. The van der Waals surface area contributed by atoms with Gasteiger partial charge in [-0.05, 0) is 86.3 Å². The van der Waals surface area contributed by atoms with Gasteiger partial charge in [0, 0.05) is 41.5 Å². The Morgan fingerprint density at radius 3 is 2.25 bits per heavy atom. The highest BCUT2D eigenvalue weighted by Gasteiger charge is 2.48. The third kappa shape index (κ3) is 4.91. The van der Waals surface area contributed by atoms with Gasteiger partial charge < -0.3 is 19.3 Å². The molecule has 1 fully saturated rings. The summed E-state index contributed by atoms with van der Waals surface area (Å²) in [6.07, 6.45) is 3.17. The Hall–Kier alpha value is -4.29. The van der Waals surface area contributed by atoms with Crippen LogP contribution in [0.4, 0.5) is 11.4 Å². The van der Waals surface area contributed by atoms with Crippen LogP contribution in [-0.4, -0.2) is 50.7 Å². The molecule has 0 aromatic heterocycles. The fourth-order valence-electron chi connectivity index (χ4n) is 7.85. The Morgan fingerprint density at radius 1 is 0.818 bits per heavy atom. The zero-order valence-corrected chi connectivity index (χ0v) is 25.9. The van der Waals surface area contributed by atoms with Gasteiger partial charge >= 0.3 is 0 Å². The van der Waals surface area contributed by atoms with Crippen LogP contribution in [0.3, 0.4) is 0 Å². The molecule has 0 saturated carbocycles. The number of carbonyl (C=O) groups excluding carboxylic acids is 1. The molecule has 0 bridgehead atoms. The van der Waals surface area contributed by atoms with Gasteiger partial charge in [-0.1, -0.05) is 66.7 Å². The van der Waals surface area contributed by atoms with E-state index in [-0.39, 0.29) is 23.4 Å². The maximum Gasteiger partial charge on any atom is 0.258 e. The predicted octanol–water partition coefficient (Wildman–Crippen LogP) is 7.24. The van der Waals surface area contributed by atoms with Crippen LogP contribution in [0.2, 0.25) is 0 Å². The molecule has 3 aliphatic heterocycles. The molecule has 6 nitrogen and oxygen atoms in total. The van der Waals surface area contributed by atoms with E-state index >= 15 is 0 Å². The fourth-order valence-corrected chi connectivity index (χ4v) is 7.85. The van der Waals surface area contributed by atoms with Crippen molar-refractivity contribution < 1.29 is 14.3 Å². The highest BCUT2D eigenvalue weighted by atomic mass is 16.5. The lowest BCUT2D eigenvalue weighted by atomic mass is 9.74. The van der Waals surface area contributed by atoms with Crippen LogP contribution in [0.1, 0.15) is 59.3 Å². The van der Waals surface area contributed by atoms with Gasteiger partial charge in [0.05, 0.1) is 20.3 Å². The van der Waals surface area contributed by atoms with Crippen molar-refractivity contribution in [1.29, 1.82) is 0 Å². The summed E-state index contributed by atoms with van der Waals surface area (Å²) in [5.74, 6) is 1.15. The number of ether oxygens (including phenoxy) is 2. The molecule has 1 saturated heterocycles. The van der Waals surface area contributed by atoms with Gasteiger partial charge in [0.2, 0.25) is 0 Å². The van der Waals surface area contributed by atoms with E-state index in [1.807, 2.05) is 17.0 Å². The summed E-state index contributed by atoms with van der Waals surface area (Å²) in [7, 11) is 3.21. The SMILES string of the molecule is COc1ccc(C(=O)N2c3ccccc3C(N3CC4(CCN(Cc5ccccc5)CC4)c4ccccc43)CC2C)cc1OC. The topological polar surface area (TPSA) is 45.2 Å². The molecule has 3 heterocycles. The van der Waals surface area contributed by atoms with Crippen LogP contribution >= 0.6 is 0 Å². The standard InChI is InChI=1S/C38H41N3O3/c1-27-23-34(30-13-7-9-15-32(30)41(27)37(42)29-17-18-35(43-2)36(24-29)44-3)40-26-38(31-14-8-10-16-33(31)40)19-21-39(22-20-38)25-28-11-5-4-6-12-28/h4-18,24,27,34H,19-23,25-26H2,1-3H3. The number of carbonyl (C=O) groups is 1. The lowest BCUT2D eigenvalue weighted by molar-refractivity contribution is 0.0972. The van der Waals surface area contributed by atoms with Crippen molar-refractivity contribution in [2.45, 2.75) is 50.2 Å². The third-order valence-electron chi connectivity index (χ3n) is 10.1. The number of benzene rings is 4. The van der Waals surface area contributed by atoms with Gasteiger partial charge in [-0.3, -0.25) is 9.69 Å². The van der Waals surface area contributed by atoms with Crippen molar-refractivity contribution in [1.82, 2.24) is 4.90 Å². The van der Waals surface area contributed by atoms with E-state index in [1.165, 1.54) is 22.4 Å². The lowest BCUT2D eigenvalue weighted by Gasteiger charge is -2.45. The third-order valence-corrected chi connectivity index (χ3v) is 10.1. The number of fused-ring (bicyclic) bond motifs is 3. The van der Waals surface area contributed by atoms with Gasteiger partial charge in [0.1, 0.15) is 0 Å². The molecule has 4 aromatic rings. The summed E-state index contributed by atoms with van der Waals surface area (Å²) in [6, 6.07) is 34.0. The number of hydrogen-bond donors (Lipinski definition) is 0. The first-order valence-electron chi connectivity index (χ1n) is 15.8. The van der Waals surface area contributed by atoms with Crippen molar-refractivity contribution in [3.8, 4) is 11.5 Å². The van der Waals surface area contributed by atoms with E-state index in [2.05, 4.69) is 89.5 Å². The summed E-state index contributed by atoms with van der Waals surface area (Å²) in [5, 5.41) is 0. The average Bonchev–Trinajstić information content (AvgIpc) is 3.39. The number of piperidine rings is 1. The Labute approximate surface area is 260 Å². The highest BCUT2D eigenvalue weighted by molar-refractivity contribution is 6.07. The van der Waals surface area contributed by atoms with Crippen molar-refractivity contribution in [3.05, 3.63) is 119 Å². The number of anilines is 2. The Kier molecular flexibility index (Phi) is 7.55. The second-order valence-corrected chi connectivity index (χ2v) is 12.6. The van der Waals surface area contributed by atoms with Crippen LogP contribution in [0, 0.1) is 0 Å². The molecule has 1 spiro atoms. The zero-order valence-electron chi connectivity index (χ0n) is 25.9. The first-order chi connectivity index (χ1) is 21.5. The van der Waals surface area contributed by atoms with Gasteiger partial charge in [-0.2, -0.15) is 0 Å². The monoisotopic (exact) mass is 587 g/mol. The van der Waals surface area contributed by atoms with Crippen molar-refractivity contribution >= 4 is 17.3 Å². The van der Waals surface area contributed by atoms with Gasteiger partial charge in [0.15, 0.2) is 11.5 Å². The smallest absolute Gasteiger partial charge is 0.258 e. The minimum atomic E-state index is -0.0200. The summed E-state index contributed by atoms with van der Waals surface area (Å²) in [6.45, 7) is 6.41. The lowest BCUT2D eigenvalue weighted by Crippen LogP contribution is -2.48. The average molecular weight is 588 g/mol. The van der Waals surface area contributed by atoms with E-state index in [9.17, 15) is 4.79 Å². The minimum Gasteiger partial charge on any atom is -0.493 e. The summed E-state index contributed by atoms with van der Waals surface area (Å²) < 4.78 is 10.9. The molecular weight excluding hydrogens is 546 g/mol. The number of hydrogen-bond acceptors (Lipinski definition) is 5. The number of para-hydroxylation sites is 2. The highest BCUT2D eigenvalue weighted by Crippen LogP contribution is 2.52. The molecule has 1 amide bonds. The van der Waals surface area contributed by atoms with Crippen LogP contribution in [0.5, 0.6) is 11.5 Å². The molecule has 226 valence electrons. The van der Waals surface area contributed by atoms with Crippen LogP contribution in [0.15, 0.2) is 97.1 Å². The van der Waals surface area contributed by atoms with Crippen molar-refractivity contribution in [2.24, 2.45) is 0 Å².